The summed E-state index contributed by atoms with van der Waals surface area (Å²) in [6, 6.07) is 16.6. The number of carbonyl (C=O) groups is 2. The molecule has 0 saturated carbocycles. The van der Waals surface area contributed by atoms with Crippen molar-refractivity contribution in [2.45, 2.75) is 6.92 Å². The number of carbonyl (C=O) groups excluding carboxylic acids is 1. The molecule has 3 N–H and O–H groups in total. The molecule has 0 unspecified atom stereocenters. The van der Waals surface area contributed by atoms with Crippen molar-refractivity contribution in [3.05, 3.63) is 72.1 Å². The van der Waals surface area contributed by atoms with Crippen LogP contribution in [-0.4, -0.2) is 33.6 Å². The van der Waals surface area contributed by atoms with Crippen molar-refractivity contribution < 1.29 is 24.5 Å². The van der Waals surface area contributed by atoms with Crippen LogP contribution in [0, 0.1) is 6.92 Å². The fraction of sp³-hybridized carbons (Fsp3) is 0.0952. The molecule has 7 nitrogen and oxygen atoms in total. The van der Waals surface area contributed by atoms with Crippen molar-refractivity contribution in [3.8, 4) is 28.4 Å². The SMILES string of the molecule is Cc1c(-c2cccc(Oc3ccccc3)c2)cnc(C(=O)NCC(=O)O)c1O. The number of aliphatic carboxylic acids is 1. The highest BCUT2D eigenvalue weighted by molar-refractivity contribution is 5.97. The van der Waals surface area contributed by atoms with E-state index in [2.05, 4.69) is 10.3 Å². The highest BCUT2D eigenvalue weighted by Gasteiger charge is 2.18. The number of ether oxygens (including phenoxy) is 1. The summed E-state index contributed by atoms with van der Waals surface area (Å²) in [6.07, 6.45) is 1.46. The van der Waals surface area contributed by atoms with Crippen molar-refractivity contribution >= 4 is 11.9 Å². The van der Waals surface area contributed by atoms with Crippen LogP contribution in [0.4, 0.5) is 0 Å². The van der Waals surface area contributed by atoms with Gasteiger partial charge in [0.1, 0.15) is 23.8 Å². The maximum Gasteiger partial charge on any atom is 0.322 e. The minimum atomic E-state index is -1.18. The highest BCUT2D eigenvalue weighted by atomic mass is 16.5. The molecule has 28 heavy (non-hydrogen) atoms. The van der Waals surface area contributed by atoms with Gasteiger partial charge in [-0.2, -0.15) is 0 Å². The van der Waals surface area contributed by atoms with Crippen LogP contribution >= 0.6 is 0 Å². The van der Waals surface area contributed by atoms with Crippen LogP contribution in [-0.2, 0) is 4.79 Å². The van der Waals surface area contributed by atoms with Crippen LogP contribution in [0.2, 0.25) is 0 Å². The summed E-state index contributed by atoms with van der Waals surface area (Å²) in [4.78, 5) is 26.6. The van der Waals surface area contributed by atoms with Gasteiger partial charge in [0.2, 0.25) is 0 Å². The minimum absolute atomic E-state index is 0.223. The number of pyridine rings is 1. The zero-order chi connectivity index (χ0) is 20.1. The Balaban J connectivity index is 1.88. The lowest BCUT2D eigenvalue weighted by Crippen LogP contribution is -2.30. The second-order valence-electron chi connectivity index (χ2n) is 6.01. The van der Waals surface area contributed by atoms with E-state index in [1.807, 2.05) is 48.5 Å². The highest BCUT2D eigenvalue weighted by Crippen LogP contribution is 2.33. The Morgan fingerprint density at radius 1 is 1.07 bits per heavy atom. The molecule has 1 amide bonds. The third kappa shape index (κ3) is 4.27. The van der Waals surface area contributed by atoms with Gasteiger partial charge in [0.25, 0.3) is 5.91 Å². The molecule has 0 atom stereocenters. The van der Waals surface area contributed by atoms with Crippen molar-refractivity contribution in [2.24, 2.45) is 0 Å². The van der Waals surface area contributed by atoms with Crippen LogP contribution in [0.25, 0.3) is 11.1 Å². The second-order valence-corrected chi connectivity index (χ2v) is 6.01. The molecular weight excluding hydrogens is 360 g/mol. The minimum Gasteiger partial charge on any atom is -0.505 e. The number of nitrogens with zero attached hydrogens (tertiary/aromatic N) is 1. The number of rotatable bonds is 6. The third-order valence-corrected chi connectivity index (χ3v) is 4.05. The largest absolute Gasteiger partial charge is 0.505 e. The van der Waals surface area contributed by atoms with Gasteiger partial charge >= 0.3 is 5.97 Å². The van der Waals surface area contributed by atoms with E-state index in [1.54, 1.807) is 13.0 Å². The Bertz CT molecular complexity index is 1020. The number of carboxylic acid groups (broad SMARTS) is 1. The molecule has 142 valence electrons. The van der Waals surface area contributed by atoms with Crippen LogP contribution in [0.5, 0.6) is 17.2 Å². The average molecular weight is 378 g/mol. The molecule has 0 radical (unpaired) electrons. The summed E-state index contributed by atoms with van der Waals surface area (Å²) in [5.41, 5.74) is 1.61. The van der Waals surface area contributed by atoms with Crippen LogP contribution < -0.4 is 10.1 Å². The van der Waals surface area contributed by atoms with E-state index in [0.717, 1.165) is 5.56 Å². The summed E-state index contributed by atoms with van der Waals surface area (Å²) in [7, 11) is 0. The van der Waals surface area contributed by atoms with Gasteiger partial charge in [0, 0.05) is 17.3 Å². The first-order valence-electron chi connectivity index (χ1n) is 8.47. The van der Waals surface area contributed by atoms with Gasteiger partial charge in [0.15, 0.2) is 5.69 Å². The molecule has 1 aromatic heterocycles. The van der Waals surface area contributed by atoms with Crippen molar-refractivity contribution in [1.82, 2.24) is 10.3 Å². The number of hydrogen-bond acceptors (Lipinski definition) is 5. The van der Waals surface area contributed by atoms with Gasteiger partial charge in [-0.05, 0) is 36.8 Å². The summed E-state index contributed by atoms with van der Waals surface area (Å²) in [5.74, 6) is -0.921. The smallest absolute Gasteiger partial charge is 0.322 e. The number of amides is 1. The van der Waals surface area contributed by atoms with Crippen molar-refractivity contribution in [2.75, 3.05) is 6.54 Å². The van der Waals surface area contributed by atoms with Gasteiger partial charge in [-0.3, -0.25) is 9.59 Å². The van der Waals surface area contributed by atoms with Crippen LogP contribution in [0.15, 0.2) is 60.8 Å². The fourth-order valence-corrected chi connectivity index (χ4v) is 2.64. The Morgan fingerprint density at radius 3 is 2.50 bits per heavy atom. The molecule has 3 aromatic rings. The quantitative estimate of drug-likeness (QED) is 0.607. The lowest BCUT2D eigenvalue weighted by atomic mass is 10.0. The number of hydrogen-bond donors (Lipinski definition) is 3. The monoisotopic (exact) mass is 378 g/mol. The van der Waals surface area contributed by atoms with E-state index < -0.39 is 18.4 Å². The normalized spacial score (nSPS) is 10.3. The molecule has 7 heteroatoms. The summed E-state index contributed by atoms with van der Waals surface area (Å²) >= 11 is 0. The number of aromatic nitrogens is 1. The second kappa shape index (κ2) is 8.22. The van der Waals surface area contributed by atoms with E-state index in [9.17, 15) is 14.7 Å². The van der Waals surface area contributed by atoms with Gasteiger partial charge in [-0.1, -0.05) is 30.3 Å². The van der Waals surface area contributed by atoms with Gasteiger partial charge in [-0.15, -0.1) is 0 Å². The molecule has 2 aromatic carbocycles. The number of aromatic hydroxyl groups is 1. The summed E-state index contributed by atoms with van der Waals surface area (Å²) in [6.45, 7) is 1.10. The molecule has 0 aliphatic heterocycles. The molecule has 0 fully saturated rings. The zero-order valence-electron chi connectivity index (χ0n) is 15.0. The Labute approximate surface area is 161 Å². The maximum absolute atomic E-state index is 12.0. The number of para-hydroxylation sites is 1. The number of benzene rings is 2. The van der Waals surface area contributed by atoms with Crippen molar-refractivity contribution in [1.29, 1.82) is 0 Å². The summed E-state index contributed by atoms with van der Waals surface area (Å²) in [5, 5.41) is 21.2. The van der Waals surface area contributed by atoms with E-state index >= 15 is 0 Å². The Morgan fingerprint density at radius 2 is 1.79 bits per heavy atom. The molecule has 0 saturated heterocycles. The Kier molecular flexibility index (Phi) is 5.55. The van der Waals surface area contributed by atoms with E-state index in [-0.39, 0.29) is 11.4 Å². The molecule has 0 bridgehead atoms. The first kappa shape index (κ1) is 18.9. The molecule has 1 heterocycles. The topological polar surface area (TPSA) is 109 Å². The van der Waals surface area contributed by atoms with E-state index in [1.165, 1.54) is 6.20 Å². The number of carboxylic acids is 1. The lowest BCUT2D eigenvalue weighted by Gasteiger charge is -2.12. The zero-order valence-corrected chi connectivity index (χ0v) is 15.0. The Hall–Kier alpha value is -3.87. The molecular formula is C21H18N2O5. The van der Waals surface area contributed by atoms with E-state index in [4.69, 9.17) is 9.84 Å². The predicted molar refractivity (Wildman–Crippen MR) is 103 cm³/mol. The molecule has 0 aliphatic carbocycles. The predicted octanol–water partition coefficient (Wildman–Crippen LogP) is 3.37. The standard InChI is InChI=1S/C21H18N2O5/c1-13-17(11-22-19(20(13)26)21(27)23-12-18(24)25)14-6-5-9-16(10-14)28-15-7-3-2-4-8-15/h2-11,26H,12H2,1H3,(H,23,27)(H,24,25). The van der Waals surface area contributed by atoms with Gasteiger partial charge in [-0.25, -0.2) is 4.98 Å². The molecule has 3 rings (SSSR count). The fourth-order valence-electron chi connectivity index (χ4n) is 2.64. The van der Waals surface area contributed by atoms with Crippen molar-refractivity contribution in [3.63, 3.8) is 0 Å². The van der Waals surface area contributed by atoms with Gasteiger partial charge in [0.05, 0.1) is 0 Å². The van der Waals surface area contributed by atoms with Crippen LogP contribution in [0.3, 0.4) is 0 Å². The van der Waals surface area contributed by atoms with Gasteiger partial charge < -0.3 is 20.3 Å². The average Bonchev–Trinajstić information content (AvgIpc) is 2.69. The summed E-state index contributed by atoms with van der Waals surface area (Å²) < 4.78 is 5.82. The van der Waals surface area contributed by atoms with Crippen LogP contribution in [0.1, 0.15) is 16.1 Å². The van der Waals surface area contributed by atoms with E-state index in [0.29, 0.717) is 22.6 Å². The molecule has 0 spiro atoms. The molecule has 0 aliphatic rings. The first-order valence-corrected chi connectivity index (χ1v) is 8.47. The first-order chi connectivity index (χ1) is 13.5. The third-order valence-electron chi connectivity index (χ3n) is 4.05. The number of nitrogens with one attached hydrogen (secondary N) is 1. The lowest BCUT2D eigenvalue weighted by molar-refractivity contribution is -0.135. The maximum atomic E-state index is 12.0.